The number of aromatic nitrogens is 4. The molecule has 270 valence electrons. The highest BCUT2D eigenvalue weighted by molar-refractivity contribution is 7.92. The Bertz CT molecular complexity index is 2310. The van der Waals surface area contributed by atoms with Crippen molar-refractivity contribution in [1.29, 1.82) is 0 Å². The van der Waals surface area contributed by atoms with Gasteiger partial charge < -0.3 is 24.6 Å². The third-order valence-corrected chi connectivity index (χ3v) is 12.7. The van der Waals surface area contributed by atoms with Gasteiger partial charge >= 0.3 is 21.8 Å². The van der Waals surface area contributed by atoms with Crippen LogP contribution in [0.2, 0.25) is 0 Å². The summed E-state index contributed by atoms with van der Waals surface area (Å²) in [5.74, 6) is -1.41. The maximum atomic E-state index is 13.6. The number of nitrogens with one attached hydrogen (secondary N) is 1. The molecule has 1 saturated heterocycles. The third kappa shape index (κ3) is 7.13. The number of sulfone groups is 3. The average molecular weight is 767 g/mol. The van der Waals surface area contributed by atoms with Crippen LogP contribution in [0.15, 0.2) is 125 Å². The van der Waals surface area contributed by atoms with Crippen molar-refractivity contribution in [2.24, 2.45) is 7.05 Å². The molecule has 0 bridgehead atoms. The first-order valence-corrected chi connectivity index (χ1v) is 19.0. The number of aryl methyl sites for hydroxylation is 1. The number of hydrogen-bond donors (Lipinski definition) is 1. The van der Waals surface area contributed by atoms with Crippen LogP contribution in [-0.4, -0.2) is 71.7 Å². The van der Waals surface area contributed by atoms with Gasteiger partial charge in [0.2, 0.25) is 5.16 Å². The van der Waals surface area contributed by atoms with Gasteiger partial charge in [-0.3, -0.25) is 4.63 Å². The van der Waals surface area contributed by atoms with E-state index in [2.05, 4.69) is 20.4 Å². The van der Waals surface area contributed by atoms with Gasteiger partial charge in [0.05, 0.1) is 26.4 Å². The molecule has 1 N–H and O–H groups in total. The summed E-state index contributed by atoms with van der Waals surface area (Å²) >= 11 is 0. The molecular formula is C28H26N6O14S3. The van der Waals surface area contributed by atoms with E-state index >= 15 is 0 Å². The van der Waals surface area contributed by atoms with E-state index in [1.165, 1.54) is 79.8 Å². The molecule has 0 aliphatic carbocycles. The van der Waals surface area contributed by atoms with Crippen molar-refractivity contribution in [3.63, 3.8) is 0 Å². The van der Waals surface area contributed by atoms with Crippen molar-refractivity contribution >= 4 is 29.5 Å². The fourth-order valence-corrected chi connectivity index (χ4v) is 9.01. The third-order valence-electron chi connectivity index (χ3n) is 7.14. The lowest BCUT2D eigenvalue weighted by Crippen LogP contribution is -2.44. The van der Waals surface area contributed by atoms with Crippen LogP contribution in [0.1, 0.15) is 0 Å². The molecule has 1 aliphatic heterocycles. The minimum Gasteiger partial charge on any atom is -0.759 e. The summed E-state index contributed by atoms with van der Waals surface area (Å²) in [6.07, 6.45) is -3.17. The lowest BCUT2D eigenvalue weighted by molar-refractivity contribution is -0.882. The Morgan fingerprint density at radius 3 is 1.90 bits per heavy atom. The van der Waals surface area contributed by atoms with Gasteiger partial charge in [-0.15, -0.1) is 0 Å². The van der Waals surface area contributed by atoms with E-state index in [-0.39, 0.29) is 24.8 Å². The summed E-state index contributed by atoms with van der Waals surface area (Å²) in [5.41, 5.74) is 2.17. The van der Waals surface area contributed by atoms with E-state index < -0.39 is 82.2 Å². The van der Waals surface area contributed by atoms with E-state index in [0.717, 1.165) is 4.74 Å². The maximum absolute atomic E-state index is 13.6. The predicted octanol–water partition coefficient (Wildman–Crippen LogP) is 0.00480. The second-order valence-corrected chi connectivity index (χ2v) is 16.3. The highest BCUT2D eigenvalue weighted by Gasteiger charge is 2.44. The van der Waals surface area contributed by atoms with Crippen LogP contribution < -0.4 is 24.6 Å². The molecule has 0 amide bonds. The van der Waals surface area contributed by atoms with Crippen LogP contribution in [0.3, 0.4) is 0 Å². The number of nitrogens with zero attached hydrogens (tertiary/aromatic N) is 5. The SMILES string of the molecule is C[n+]1onc(OC(COc2no[n+]([O-])c2S(=O)(=O)c2ccccc2)COC2NON([O-])C2S(=O)(=O)c2ccccc2)c1S(=O)(=O)c1ccccc1. The summed E-state index contributed by atoms with van der Waals surface area (Å²) in [5, 5.41) is 28.3. The Balaban J connectivity index is 1.31. The van der Waals surface area contributed by atoms with Crippen LogP contribution in [-0.2, 0) is 46.2 Å². The molecule has 6 rings (SSSR count). The summed E-state index contributed by atoms with van der Waals surface area (Å²) < 4.78 is 108. The monoisotopic (exact) mass is 766 g/mol. The largest absolute Gasteiger partial charge is 0.759 e. The molecule has 0 saturated carbocycles. The molecule has 2 aromatic heterocycles. The normalized spacial score (nSPS) is 17.7. The molecule has 3 aromatic carbocycles. The van der Waals surface area contributed by atoms with Crippen LogP contribution in [0.25, 0.3) is 0 Å². The van der Waals surface area contributed by atoms with Gasteiger partial charge in [-0.25, -0.2) is 35.4 Å². The lowest BCUT2D eigenvalue weighted by Gasteiger charge is -2.28. The van der Waals surface area contributed by atoms with Gasteiger partial charge in [0.25, 0.3) is 19.7 Å². The van der Waals surface area contributed by atoms with E-state index in [4.69, 9.17) is 23.8 Å². The van der Waals surface area contributed by atoms with Gasteiger partial charge in [-0.2, -0.15) is 5.48 Å². The molecule has 1 fully saturated rings. The Morgan fingerprint density at radius 2 is 1.31 bits per heavy atom. The summed E-state index contributed by atoms with van der Waals surface area (Å²) in [4.78, 5) is 3.66. The van der Waals surface area contributed by atoms with Gasteiger partial charge in [0, 0.05) is 0 Å². The molecule has 3 heterocycles. The van der Waals surface area contributed by atoms with E-state index in [1.807, 2.05) is 0 Å². The zero-order valence-corrected chi connectivity index (χ0v) is 28.4. The first-order valence-electron chi connectivity index (χ1n) is 14.5. The maximum Gasteiger partial charge on any atom is 0.441 e. The fraction of sp³-hybridized carbons (Fsp3) is 0.214. The zero-order chi connectivity index (χ0) is 36.4. The Morgan fingerprint density at radius 1 is 0.784 bits per heavy atom. The minimum atomic E-state index is -4.54. The number of hydrogen-bond acceptors (Lipinski definition) is 18. The summed E-state index contributed by atoms with van der Waals surface area (Å²) in [6.45, 7) is -1.46. The molecule has 51 heavy (non-hydrogen) atoms. The number of rotatable bonds is 14. The molecule has 1 aliphatic rings. The molecule has 0 radical (unpaired) electrons. The van der Waals surface area contributed by atoms with Crippen molar-refractivity contribution in [3.8, 4) is 11.8 Å². The van der Waals surface area contributed by atoms with Crippen LogP contribution in [0, 0.1) is 10.4 Å². The van der Waals surface area contributed by atoms with Crippen molar-refractivity contribution < 1.29 is 63.3 Å². The summed E-state index contributed by atoms with van der Waals surface area (Å²) in [6, 6.07) is 21.1. The molecule has 3 atom stereocenters. The van der Waals surface area contributed by atoms with Gasteiger partial charge in [-0.05, 0) is 46.0 Å². The summed E-state index contributed by atoms with van der Waals surface area (Å²) in [7, 11) is -12.0. The van der Waals surface area contributed by atoms with Crippen LogP contribution in [0.5, 0.6) is 11.8 Å². The second-order valence-electron chi connectivity index (χ2n) is 10.5. The van der Waals surface area contributed by atoms with Crippen molar-refractivity contribution in [2.75, 3.05) is 13.2 Å². The smallest absolute Gasteiger partial charge is 0.441 e. The zero-order valence-electron chi connectivity index (χ0n) is 26.0. The highest BCUT2D eigenvalue weighted by Crippen LogP contribution is 2.29. The first-order chi connectivity index (χ1) is 24.3. The Hall–Kier alpha value is -5.01. The molecule has 0 spiro atoms. The Kier molecular flexibility index (Phi) is 10.0. The van der Waals surface area contributed by atoms with Crippen molar-refractivity contribution in [1.82, 2.24) is 21.0 Å². The van der Waals surface area contributed by atoms with Gasteiger partial charge in [0.1, 0.15) is 13.7 Å². The molecule has 3 unspecified atom stereocenters. The average Bonchev–Trinajstić information content (AvgIpc) is 3.82. The molecule has 5 aromatic rings. The number of benzene rings is 3. The molecule has 20 nitrogen and oxygen atoms in total. The first kappa shape index (κ1) is 35.8. The predicted molar refractivity (Wildman–Crippen MR) is 163 cm³/mol. The molecular weight excluding hydrogens is 741 g/mol. The van der Waals surface area contributed by atoms with E-state index in [9.17, 15) is 35.7 Å². The topological polar surface area (TPSA) is 261 Å². The molecule has 23 heteroatoms. The minimum absolute atomic E-state index is 0.146. The van der Waals surface area contributed by atoms with Crippen molar-refractivity contribution in [3.05, 3.63) is 101 Å². The fourth-order valence-electron chi connectivity index (χ4n) is 4.74. The standard InChI is InChI=1S/C28H26N6O14S3/c1-32-26(49(37,38)20-11-5-2-6-12-20)25(31-46-32)45-19(17-43-23-27(33(35)47-29-23)50(39,40)21-13-7-3-8-14-21)18-44-24-28(34(36)48-30-24)51(41,42)22-15-9-4-10-16-22/h2-16,19,23,27,29H,17-18H2,1H3. The van der Waals surface area contributed by atoms with Gasteiger partial charge in [-0.1, -0.05) is 59.2 Å². The van der Waals surface area contributed by atoms with Crippen LogP contribution in [0.4, 0.5) is 0 Å². The van der Waals surface area contributed by atoms with Crippen LogP contribution >= 0.6 is 0 Å². The highest BCUT2D eigenvalue weighted by atomic mass is 32.2. The Labute approximate surface area is 289 Å². The number of hydroxylamine groups is 3. The van der Waals surface area contributed by atoms with Crippen molar-refractivity contribution in [2.45, 2.75) is 42.4 Å². The number of ether oxygens (including phenoxy) is 3. The van der Waals surface area contributed by atoms with E-state index in [1.54, 1.807) is 18.2 Å². The van der Waals surface area contributed by atoms with Gasteiger partial charge in [0.15, 0.2) is 27.5 Å². The lowest BCUT2D eigenvalue weighted by atomic mass is 10.4. The quantitative estimate of drug-likeness (QED) is 0.115. The second kappa shape index (κ2) is 14.3. The van der Waals surface area contributed by atoms with E-state index in [0.29, 0.717) is 0 Å².